The van der Waals surface area contributed by atoms with Gasteiger partial charge >= 0.3 is 0 Å². The Morgan fingerprint density at radius 2 is 1.68 bits per heavy atom. The zero-order valence-electron chi connectivity index (χ0n) is 16.1. The minimum Gasteiger partial charge on any atom is -0.388 e. The number of nitrogens with two attached hydrogens (primary N) is 1. The van der Waals surface area contributed by atoms with Gasteiger partial charge in [-0.1, -0.05) is 58.1 Å². The summed E-state index contributed by atoms with van der Waals surface area (Å²) >= 11 is 0. The monoisotopic (exact) mass is 313 g/mol. The standard InChI is InChI=1S/C13H21NO.C2H6O.2C2H6/c1-3-4-9-13(11-15)10-7-5-6-8-12(2)14;1-3-2;2*1-2/h3-4,7,9-12H,5-6,8,14H2,1-2H3;1-2H3;2*1-2H3/b4-3-,10-7+,13-9+;;;. The number of hydrogen-bond donors (Lipinski definition) is 1. The van der Waals surface area contributed by atoms with Crippen LogP contribution in [0.2, 0.25) is 0 Å². The van der Waals surface area contributed by atoms with E-state index in [1.165, 1.54) is 0 Å². The van der Waals surface area contributed by atoms with Crippen molar-refractivity contribution in [2.45, 2.75) is 66.8 Å². The van der Waals surface area contributed by atoms with Crippen LogP contribution >= 0.6 is 0 Å². The Morgan fingerprint density at radius 3 is 2.05 bits per heavy atom. The molecule has 0 aliphatic carbocycles. The normalized spacial score (nSPS) is 11.6. The number of ether oxygens (including phenoxy) is 1. The zero-order chi connectivity index (χ0) is 18.2. The third kappa shape index (κ3) is 36.4. The highest BCUT2D eigenvalue weighted by Crippen LogP contribution is 2.01. The van der Waals surface area contributed by atoms with E-state index in [1.54, 1.807) is 20.3 Å². The SMILES string of the molecule is CC.CC.COC.C\C=C/C=C(C=O)\C=C\CCCC(C)N. The average Bonchev–Trinajstić information content (AvgIpc) is 2.54. The molecule has 0 aliphatic heterocycles. The Bertz CT molecular complexity index is 267. The van der Waals surface area contributed by atoms with Gasteiger partial charge in [-0.3, -0.25) is 4.79 Å². The van der Waals surface area contributed by atoms with Crippen LogP contribution in [0.5, 0.6) is 0 Å². The summed E-state index contributed by atoms with van der Waals surface area (Å²) in [6, 6.07) is 0.266. The van der Waals surface area contributed by atoms with E-state index in [0.717, 1.165) is 25.5 Å². The number of carbonyl (C=O) groups is 1. The van der Waals surface area contributed by atoms with Gasteiger partial charge in [-0.2, -0.15) is 0 Å². The number of methoxy groups -OCH3 is 1. The second-order valence-corrected chi connectivity index (χ2v) is 4.03. The molecule has 22 heavy (non-hydrogen) atoms. The molecule has 0 radical (unpaired) electrons. The van der Waals surface area contributed by atoms with Gasteiger partial charge in [-0.15, -0.1) is 0 Å². The minimum atomic E-state index is 0.266. The summed E-state index contributed by atoms with van der Waals surface area (Å²) < 4.78 is 4.25. The van der Waals surface area contributed by atoms with Gasteiger partial charge < -0.3 is 10.5 Å². The van der Waals surface area contributed by atoms with Crippen molar-refractivity contribution in [3.63, 3.8) is 0 Å². The van der Waals surface area contributed by atoms with Gasteiger partial charge in [0.25, 0.3) is 0 Å². The quantitative estimate of drug-likeness (QED) is 0.309. The lowest BCUT2D eigenvalue weighted by molar-refractivity contribution is -0.104. The lowest BCUT2D eigenvalue weighted by Gasteiger charge is -2.00. The highest BCUT2D eigenvalue weighted by Gasteiger charge is 1.91. The van der Waals surface area contributed by atoms with Crippen molar-refractivity contribution < 1.29 is 9.53 Å². The maximum Gasteiger partial charge on any atom is 0.150 e. The van der Waals surface area contributed by atoms with E-state index in [2.05, 4.69) is 4.74 Å². The van der Waals surface area contributed by atoms with Crippen LogP contribution in [0.1, 0.15) is 60.8 Å². The summed E-state index contributed by atoms with van der Waals surface area (Å²) in [5.41, 5.74) is 6.33. The molecule has 0 saturated heterocycles. The summed E-state index contributed by atoms with van der Waals surface area (Å²) in [6.07, 6.45) is 13.4. The van der Waals surface area contributed by atoms with Gasteiger partial charge in [-0.05, 0) is 33.1 Å². The molecule has 0 aromatic rings. The molecule has 0 aromatic carbocycles. The van der Waals surface area contributed by atoms with E-state index in [-0.39, 0.29) is 6.04 Å². The molecule has 0 saturated carbocycles. The Hall–Kier alpha value is -1.19. The summed E-state index contributed by atoms with van der Waals surface area (Å²) in [7, 11) is 3.25. The zero-order valence-corrected chi connectivity index (χ0v) is 16.1. The molecule has 0 spiro atoms. The summed E-state index contributed by atoms with van der Waals surface area (Å²) in [5.74, 6) is 0. The van der Waals surface area contributed by atoms with E-state index >= 15 is 0 Å². The van der Waals surface area contributed by atoms with Crippen molar-refractivity contribution in [1.29, 1.82) is 0 Å². The first-order chi connectivity index (χ1) is 10.6. The molecule has 0 aliphatic rings. The smallest absolute Gasteiger partial charge is 0.150 e. The van der Waals surface area contributed by atoms with Crippen LogP contribution in [0.3, 0.4) is 0 Å². The van der Waals surface area contributed by atoms with Crippen molar-refractivity contribution in [3.8, 4) is 0 Å². The van der Waals surface area contributed by atoms with E-state index in [0.29, 0.717) is 5.57 Å². The van der Waals surface area contributed by atoms with Crippen LogP contribution in [0.4, 0.5) is 0 Å². The number of rotatable bonds is 7. The third-order valence-electron chi connectivity index (χ3n) is 1.96. The number of allylic oxidation sites excluding steroid dienone is 6. The average molecular weight is 314 g/mol. The molecule has 0 amide bonds. The van der Waals surface area contributed by atoms with Crippen molar-refractivity contribution in [3.05, 3.63) is 36.0 Å². The van der Waals surface area contributed by atoms with Gasteiger partial charge in [-0.25, -0.2) is 0 Å². The van der Waals surface area contributed by atoms with Crippen LogP contribution in [-0.2, 0) is 9.53 Å². The molecule has 2 N–H and O–H groups in total. The second kappa shape index (κ2) is 32.0. The van der Waals surface area contributed by atoms with Crippen molar-refractivity contribution in [2.75, 3.05) is 14.2 Å². The highest BCUT2D eigenvalue weighted by atomic mass is 16.4. The Morgan fingerprint density at radius 1 is 1.18 bits per heavy atom. The molecular weight excluding hydrogens is 274 g/mol. The molecule has 1 atom stereocenters. The van der Waals surface area contributed by atoms with E-state index in [4.69, 9.17) is 5.73 Å². The van der Waals surface area contributed by atoms with Gasteiger partial charge in [0.15, 0.2) is 0 Å². The van der Waals surface area contributed by atoms with Crippen LogP contribution in [0.25, 0.3) is 0 Å². The second-order valence-electron chi connectivity index (χ2n) is 4.03. The van der Waals surface area contributed by atoms with Crippen molar-refractivity contribution in [2.24, 2.45) is 5.73 Å². The summed E-state index contributed by atoms with van der Waals surface area (Å²) in [4.78, 5) is 10.6. The van der Waals surface area contributed by atoms with Crippen molar-refractivity contribution >= 4 is 6.29 Å². The molecule has 0 heterocycles. The highest BCUT2D eigenvalue weighted by molar-refractivity contribution is 5.77. The molecule has 0 fully saturated rings. The van der Waals surface area contributed by atoms with Gasteiger partial charge in [0.2, 0.25) is 0 Å². The summed E-state index contributed by atoms with van der Waals surface area (Å²) in [6.45, 7) is 11.9. The topological polar surface area (TPSA) is 52.3 Å². The van der Waals surface area contributed by atoms with Crippen LogP contribution in [-0.4, -0.2) is 26.5 Å². The number of unbranched alkanes of at least 4 members (excludes halogenated alkanes) is 1. The first-order valence-electron chi connectivity index (χ1n) is 8.22. The molecule has 0 rings (SSSR count). The fourth-order valence-electron chi connectivity index (χ4n) is 1.12. The maximum atomic E-state index is 10.6. The van der Waals surface area contributed by atoms with Crippen molar-refractivity contribution in [1.82, 2.24) is 0 Å². The largest absolute Gasteiger partial charge is 0.388 e. The van der Waals surface area contributed by atoms with Gasteiger partial charge in [0, 0.05) is 25.8 Å². The summed E-state index contributed by atoms with van der Waals surface area (Å²) in [5, 5.41) is 0. The van der Waals surface area contributed by atoms with E-state index in [1.807, 2.05) is 65.8 Å². The van der Waals surface area contributed by atoms with Gasteiger partial charge in [0.1, 0.15) is 6.29 Å². The Kier molecular flexibility index (Phi) is 42.0. The first kappa shape index (κ1) is 28.9. The number of carbonyl (C=O) groups excluding carboxylic acids is 1. The Labute approximate surface area is 139 Å². The number of hydrogen-bond acceptors (Lipinski definition) is 3. The van der Waals surface area contributed by atoms with Crippen LogP contribution < -0.4 is 5.73 Å². The molecule has 132 valence electrons. The molecule has 3 heteroatoms. The predicted molar refractivity (Wildman–Crippen MR) is 101 cm³/mol. The molecule has 0 aromatic heterocycles. The lowest BCUT2D eigenvalue weighted by Crippen LogP contribution is -2.13. The van der Waals surface area contributed by atoms with Crippen LogP contribution in [0, 0.1) is 0 Å². The number of aldehydes is 1. The van der Waals surface area contributed by atoms with Gasteiger partial charge in [0.05, 0.1) is 0 Å². The fraction of sp³-hybridized carbons (Fsp3) is 0.632. The van der Waals surface area contributed by atoms with E-state index < -0.39 is 0 Å². The van der Waals surface area contributed by atoms with E-state index in [9.17, 15) is 4.79 Å². The van der Waals surface area contributed by atoms with Crippen LogP contribution in [0.15, 0.2) is 36.0 Å². The first-order valence-corrected chi connectivity index (χ1v) is 8.22. The predicted octanol–water partition coefficient (Wildman–Crippen LogP) is 5.08. The fourth-order valence-corrected chi connectivity index (χ4v) is 1.12. The molecule has 0 bridgehead atoms. The maximum absolute atomic E-state index is 10.6. The third-order valence-corrected chi connectivity index (χ3v) is 1.96. The minimum absolute atomic E-state index is 0.266. The Balaban J connectivity index is -0.000000198. The molecular formula is C19H39NO2. The molecule has 3 nitrogen and oxygen atoms in total. The molecule has 1 unspecified atom stereocenters. The lowest BCUT2D eigenvalue weighted by atomic mass is 10.1.